The molecule has 2 aromatic carbocycles. The van der Waals surface area contributed by atoms with E-state index in [2.05, 4.69) is 34.5 Å². The first-order chi connectivity index (χ1) is 13.6. The van der Waals surface area contributed by atoms with Crippen LogP contribution in [0.4, 0.5) is 0 Å². The molecular weight excluding hydrogens is 356 g/mol. The normalized spacial score (nSPS) is 15.2. The van der Waals surface area contributed by atoms with Gasteiger partial charge in [-0.25, -0.2) is 0 Å². The number of nitrogens with one attached hydrogen (secondary N) is 1. The van der Waals surface area contributed by atoms with Gasteiger partial charge in [0.1, 0.15) is 0 Å². The highest BCUT2D eigenvalue weighted by Gasteiger charge is 2.26. The minimum Gasteiger partial charge on any atom is -0.493 e. The smallest absolute Gasteiger partial charge is 0.234 e. The number of fused-ring (bicyclic) bond motifs is 1. The second-order valence-electron chi connectivity index (χ2n) is 6.98. The molecule has 0 spiro atoms. The third-order valence-electron chi connectivity index (χ3n) is 5.24. The van der Waals surface area contributed by atoms with Crippen LogP contribution in [0.5, 0.6) is 17.2 Å². The van der Waals surface area contributed by atoms with Crippen molar-refractivity contribution in [1.82, 2.24) is 10.2 Å². The highest BCUT2D eigenvalue weighted by atomic mass is 16.5. The average molecular weight is 384 g/mol. The summed E-state index contributed by atoms with van der Waals surface area (Å²) >= 11 is 0. The van der Waals surface area contributed by atoms with E-state index < -0.39 is 0 Å². The van der Waals surface area contributed by atoms with E-state index in [1.54, 1.807) is 21.3 Å². The SMILES string of the molecule is COc1cc(CNC(=O)CN(C)C2CCc3ccccc32)cc(OC)c1OC. The van der Waals surface area contributed by atoms with E-state index in [0.29, 0.717) is 36.4 Å². The van der Waals surface area contributed by atoms with Crippen molar-refractivity contribution in [1.29, 1.82) is 0 Å². The standard InChI is InChI=1S/C22H28N2O4/c1-24(18-10-9-16-7-5-6-8-17(16)18)14-21(25)23-13-15-11-19(26-2)22(28-4)20(12-15)27-3/h5-8,11-12,18H,9-10,13-14H2,1-4H3,(H,23,25). The second-order valence-corrected chi connectivity index (χ2v) is 6.98. The molecule has 1 atom stereocenters. The van der Waals surface area contributed by atoms with Gasteiger partial charge >= 0.3 is 0 Å². The van der Waals surface area contributed by atoms with E-state index >= 15 is 0 Å². The number of nitrogens with zero attached hydrogens (tertiary/aromatic N) is 1. The van der Waals surface area contributed by atoms with Crippen molar-refractivity contribution in [2.75, 3.05) is 34.9 Å². The summed E-state index contributed by atoms with van der Waals surface area (Å²) in [5.74, 6) is 1.68. The number of rotatable bonds is 8. The van der Waals surface area contributed by atoms with Gasteiger partial charge in [-0.15, -0.1) is 0 Å². The average Bonchev–Trinajstić information content (AvgIpc) is 3.15. The third kappa shape index (κ3) is 4.22. The zero-order valence-electron chi connectivity index (χ0n) is 17.0. The molecule has 1 amide bonds. The zero-order chi connectivity index (χ0) is 20.1. The van der Waals surface area contributed by atoms with Crippen LogP contribution in [0.1, 0.15) is 29.2 Å². The summed E-state index contributed by atoms with van der Waals surface area (Å²) in [6.07, 6.45) is 2.12. The van der Waals surface area contributed by atoms with Crippen molar-refractivity contribution < 1.29 is 19.0 Å². The molecule has 0 fully saturated rings. The van der Waals surface area contributed by atoms with Gasteiger partial charge in [-0.05, 0) is 48.7 Å². The van der Waals surface area contributed by atoms with Gasteiger partial charge < -0.3 is 19.5 Å². The molecule has 2 aromatic rings. The lowest BCUT2D eigenvalue weighted by molar-refractivity contribution is -0.122. The van der Waals surface area contributed by atoms with Crippen LogP contribution in [0.15, 0.2) is 36.4 Å². The Hall–Kier alpha value is -2.73. The maximum atomic E-state index is 12.5. The molecule has 1 aliphatic carbocycles. The van der Waals surface area contributed by atoms with E-state index in [9.17, 15) is 4.79 Å². The van der Waals surface area contributed by atoms with Crippen molar-refractivity contribution in [3.63, 3.8) is 0 Å². The van der Waals surface area contributed by atoms with E-state index in [1.165, 1.54) is 11.1 Å². The summed E-state index contributed by atoms with van der Waals surface area (Å²) in [5, 5.41) is 2.98. The summed E-state index contributed by atoms with van der Waals surface area (Å²) in [6, 6.07) is 12.5. The number of benzene rings is 2. The number of ether oxygens (including phenoxy) is 3. The van der Waals surface area contributed by atoms with Gasteiger partial charge in [0, 0.05) is 12.6 Å². The molecular formula is C22H28N2O4. The number of amides is 1. The van der Waals surface area contributed by atoms with Crippen LogP contribution in [-0.4, -0.2) is 45.7 Å². The quantitative estimate of drug-likeness (QED) is 0.758. The molecule has 1 unspecified atom stereocenters. The molecule has 1 aliphatic rings. The van der Waals surface area contributed by atoms with Crippen LogP contribution in [0.25, 0.3) is 0 Å². The summed E-state index contributed by atoms with van der Waals surface area (Å²) in [6.45, 7) is 0.744. The molecule has 0 heterocycles. The number of hydrogen-bond donors (Lipinski definition) is 1. The van der Waals surface area contributed by atoms with E-state index in [-0.39, 0.29) is 5.91 Å². The van der Waals surface area contributed by atoms with Crippen LogP contribution in [-0.2, 0) is 17.8 Å². The Bertz CT molecular complexity index is 812. The Kier molecular flexibility index (Phi) is 6.41. The Morgan fingerprint density at radius 3 is 2.43 bits per heavy atom. The van der Waals surface area contributed by atoms with Crippen molar-refractivity contribution in [3.8, 4) is 17.2 Å². The minimum atomic E-state index is -0.0133. The Balaban J connectivity index is 1.60. The van der Waals surface area contributed by atoms with E-state index in [4.69, 9.17) is 14.2 Å². The summed E-state index contributed by atoms with van der Waals surface area (Å²) < 4.78 is 16.1. The van der Waals surface area contributed by atoms with E-state index in [1.807, 2.05) is 19.2 Å². The lowest BCUT2D eigenvalue weighted by Crippen LogP contribution is -2.36. The minimum absolute atomic E-state index is 0.0133. The van der Waals surface area contributed by atoms with Crippen LogP contribution >= 0.6 is 0 Å². The maximum absolute atomic E-state index is 12.5. The van der Waals surface area contributed by atoms with Gasteiger partial charge in [-0.2, -0.15) is 0 Å². The number of carbonyl (C=O) groups excluding carboxylic acids is 1. The lowest BCUT2D eigenvalue weighted by Gasteiger charge is -2.24. The molecule has 6 heteroatoms. The van der Waals surface area contributed by atoms with Crippen molar-refractivity contribution in [3.05, 3.63) is 53.1 Å². The van der Waals surface area contributed by atoms with Crippen molar-refractivity contribution in [2.45, 2.75) is 25.4 Å². The molecule has 0 aliphatic heterocycles. The topological polar surface area (TPSA) is 60.0 Å². The van der Waals surface area contributed by atoms with Gasteiger partial charge in [0.15, 0.2) is 11.5 Å². The number of hydrogen-bond acceptors (Lipinski definition) is 5. The summed E-state index contributed by atoms with van der Waals surface area (Å²) in [4.78, 5) is 14.6. The fourth-order valence-electron chi connectivity index (χ4n) is 3.82. The fourth-order valence-corrected chi connectivity index (χ4v) is 3.82. The predicted molar refractivity (Wildman–Crippen MR) is 108 cm³/mol. The first-order valence-electron chi connectivity index (χ1n) is 9.41. The van der Waals surface area contributed by atoms with Gasteiger partial charge in [-0.1, -0.05) is 24.3 Å². The number of aryl methyl sites for hydroxylation is 1. The molecule has 0 radical (unpaired) electrons. The first kappa shape index (κ1) is 20.0. The molecule has 3 rings (SSSR count). The monoisotopic (exact) mass is 384 g/mol. The highest BCUT2D eigenvalue weighted by Crippen LogP contribution is 2.38. The van der Waals surface area contributed by atoms with Crippen LogP contribution < -0.4 is 19.5 Å². The Labute approximate surface area is 166 Å². The molecule has 150 valence electrons. The fraction of sp³-hybridized carbons (Fsp3) is 0.409. The highest BCUT2D eigenvalue weighted by molar-refractivity contribution is 5.78. The van der Waals surface area contributed by atoms with E-state index in [0.717, 1.165) is 18.4 Å². The second kappa shape index (κ2) is 8.97. The van der Waals surface area contributed by atoms with Crippen LogP contribution in [0.2, 0.25) is 0 Å². The molecule has 28 heavy (non-hydrogen) atoms. The number of likely N-dealkylation sites (N-methyl/N-ethyl adjacent to an activating group) is 1. The molecule has 0 saturated carbocycles. The third-order valence-corrected chi connectivity index (χ3v) is 5.24. The molecule has 6 nitrogen and oxygen atoms in total. The Morgan fingerprint density at radius 1 is 1.11 bits per heavy atom. The van der Waals surface area contributed by atoms with Crippen molar-refractivity contribution in [2.24, 2.45) is 0 Å². The molecule has 0 saturated heterocycles. The number of methoxy groups -OCH3 is 3. The zero-order valence-corrected chi connectivity index (χ0v) is 17.0. The largest absolute Gasteiger partial charge is 0.493 e. The van der Waals surface area contributed by atoms with Crippen LogP contribution in [0.3, 0.4) is 0 Å². The lowest BCUT2D eigenvalue weighted by atomic mass is 10.1. The van der Waals surface area contributed by atoms with Gasteiger partial charge in [0.05, 0.1) is 27.9 Å². The van der Waals surface area contributed by atoms with Crippen molar-refractivity contribution >= 4 is 5.91 Å². The summed E-state index contributed by atoms with van der Waals surface area (Å²) in [7, 11) is 6.73. The predicted octanol–water partition coefficient (Wildman–Crippen LogP) is 2.95. The summed E-state index contributed by atoms with van der Waals surface area (Å²) in [5.41, 5.74) is 3.61. The molecule has 0 bridgehead atoms. The first-order valence-corrected chi connectivity index (χ1v) is 9.41. The Morgan fingerprint density at radius 2 is 1.79 bits per heavy atom. The van der Waals surface area contributed by atoms with Gasteiger partial charge in [0.25, 0.3) is 0 Å². The molecule has 1 N–H and O–H groups in total. The maximum Gasteiger partial charge on any atom is 0.234 e. The van der Waals surface area contributed by atoms with Gasteiger partial charge in [-0.3, -0.25) is 9.69 Å². The van der Waals surface area contributed by atoms with Crippen LogP contribution in [0, 0.1) is 0 Å². The number of carbonyl (C=O) groups is 1. The van der Waals surface area contributed by atoms with Gasteiger partial charge in [0.2, 0.25) is 11.7 Å². The molecule has 0 aromatic heterocycles.